The largest absolute Gasteiger partial charge is 0.481 e. The highest BCUT2D eigenvalue weighted by Crippen LogP contribution is 2.36. The van der Waals surface area contributed by atoms with Crippen molar-refractivity contribution in [2.45, 2.75) is 45.6 Å². The standard InChI is InChI=1S/C12H21NO2/c1-9-3-4-10(7-9)13-6-5-12(2,8-13)11(14)15/h9-10H,3-8H2,1-2H3,(H,14,15). The van der Waals surface area contributed by atoms with Crippen LogP contribution in [-0.2, 0) is 4.79 Å². The molecule has 1 heterocycles. The molecule has 1 aliphatic carbocycles. The molecule has 2 fully saturated rings. The Morgan fingerprint density at radius 1 is 1.47 bits per heavy atom. The fourth-order valence-corrected chi connectivity index (χ4v) is 2.99. The van der Waals surface area contributed by atoms with E-state index < -0.39 is 11.4 Å². The Kier molecular flexibility index (Phi) is 2.75. The quantitative estimate of drug-likeness (QED) is 0.759. The predicted octanol–water partition coefficient (Wildman–Crippen LogP) is 1.97. The molecule has 2 rings (SSSR count). The Balaban J connectivity index is 1.95. The third kappa shape index (κ3) is 2.03. The summed E-state index contributed by atoms with van der Waals surface area (Å²) in [6, 6.07) is 0.654. The van der Waals surface area contributed by atoms with Crippen LogP contribution in [0.5, 0.6) is 0 Å². The second kappa shape index (κ2) is 3.78. The maximum absolute atomic E-state index is 11.1. The lowest BCUT2D eigenvalue weighted by Crippen LogP contribution is -2.36. The van der Waals surface area contributed by atoms with Gasteiger partial charge in [-0.2, -0.15) is 0 Å². The monoisotopic (exact) mass is 211 g/mol. The summed E-state index contributed by atoms with van der Waals surface area (Å²) in [5.41, 5.74) is -0.494. The minimum absolute atomic E-state index is 0.494. The van der Waals surface area contributed by atoms with Gasteiger partial charge in [0.15, 0.2) is 0 Å². The fourth-order valence-electron chi connectivity index (χ4n) is 2.99. The normalized spacial score (nSPS) is 42.3. The first-order valence-corrected chi connectivity index (χ1v) is 5.99. The number of carbonyl (C=O) groups is 1. The average Bonchev–Trinajstić information content (AvgIpc) is 2.73. The number of hydrogen-bond donors (Lipinski definition) is 1. The molecule has 0 aromatic heterocycles. The van der Waals surface area contributed by atoms with Crippen molar-refractivity contribution in [2.24, 2.45) is 11.3 Å². The summed E-state index contributed by atoms with van der Waals surface area (Å²) in [5.74, 6) is 0.197. The van der Waals surface area contributed by atoms with Gasteiger partial charge < -0.3 is 5.11 Å². The van der Waals surface area contributed by atoms with Crippen LogP contribution in [0.1, 0.15) is 39.5 Å². The Labute approximate surface area is 91.5 Å². The third-order valence-electron chi connectivity index (χ3n) is 4.20. The van der Waals surface area contributed by atoms with E-state index in [-0.39, 0.29) is 0 Å². The SMILES string of the molecule is CC1CCC(N2CCC(C)(C(=O)O)C2)C1. The summed E-state index contributed by atoms with van der Waals surface area (Å²) < 4.78 is 0. The summed E-state index contributed by atoms with van der Waals surface area (Å²) in [7, 11) is 0. The van der Waals surface area contributed by atoms with Crippen LogP contribution in [0.4, 0.5) is 0 Å². The molecule has 3 atom stereocenters. The van der Waals surface area contributed by atoms with Crippen molar-refractivity contribution in [3.05, 3.63) is 0 Å². The average molecular weight is 211 g/mol. The van der Waals surface area contributed by atoms with Crippen molar-refractivity contribution >= 4 is 5.97 Å². The van der Waals surface area contributed by atoms with Crippen LogP contribution in [-0.4, -0.2) is 35.1 Å². The van der Waals surface area contributed by atoms with Crippen molar-refractivity contribution in [3.8, 4) is 0 Å². The van der Waals surface area contributed by atoms with Crippen LogP contribution in [0.2, 0.25) is 0 Å². The maximum atomic E-state index is 11.1. The van der Waals surface area contributed by atoms with Crippen LogP contribution >= 0.6 is 0 Å². The van der Waals surface area contributed by atoms with Gasteiger partial charge in [-0.1, -0.05) is 6.92 Å². The maximum Gasteiger partial charge on any atom is 0.310 e. The zero-order chi connectivity index (χ0) is 11.1. The highest BCUT2D eigenvalue weighted by atomic mass is 16.4. The smallest absolute Gasteiger partial charge is 0.310 e. The number of carboxylic acid groups (broad SMARTS) is 1. The summed E-state index contributed by atoms with van der Waals surface area (Å²) in [4.78, 5) is 13.5. The molecule has 3 heteroatoms. The van der Waals surface area contributed by atoms with Crippen LogP contribution in [0, 0.1) is 11.3 Å². The van der Waals surface area contributed by atoms with Gasteiger partial charge >= 0.3 is 5.97 Å². The lowest BCUT2D eigenvalue weighted by molar-refractivity contribution is -0.147. The van der Waals surface area contributed by atoms with Gasteiger partial charge in [-0.25, -0.2) is 0 Å². The van der Waals surface area contributed by atoms with Gasteiger partial charge in [0, 0.05) is 12.6 Å². The van der Waals surface area contributed by atoms with Gasteiger partial charge in [-0.3, -0.25) is 9.69 Å². The molecule has 1 aliphatic heterocycles. The number of carboxylic acids is 1. The van der Waals surface area contributed by atoms with E-state index in [0.29, 0.717) is 6.04 Å². The molecule has 0 amide bonds. The first-order chi connectivity index (χ1) is 7.01. The van der Waals surface area contributed by atoms with Gasteiger partial charge in [-0.05, 0) is 45.1 Å². The summed E-state index contributed by atoms with van der Waals surface area (Å²) in [5, 5.41) is 9.16. The lowest BCUT2D eigenvalue weighted by atomic mass is 9.90. The first-order valence-electron chi connectivity index (χ1n) is 5.99. The highest BCUT2D eigenvalue weighted by molar-refractivity contribution is 5.74. The molecule has 1 saturated heterocycles. The van der Waals surface area contributed by atoms with Gasteiger partial charge in [0.05, 0.1) is 5.41 Å². The number of aliphatic carboxylic acids is 1. The van der Waals surface area contributed by atoms with E-state index in [1.54, 1.807) is 0 Å². The second-order valence-electron chi connectivity index (χ2n) is 5.66. The highest BCUT2D eigenvalue weighted by Gasteiger charge is 2.43. The number of nitrogens with zero attached hydrogens (tertiary/aromatic N) is 1. The Morgan fingerprint density at radius 3 is 2.67 bits per heavy atom. The van der Waals surface area contributed by atoms with E-state index in [1.807, 2.05) is 6.92 Å². The van der Waals surface area contributed by atoms with Gasteiger partial charge in [0.2, 0.25) is 0 Å². The summed E-state index contributed by atoms with van der Waals surface area (Å²) in [6.07, 6.45) is 4.64. The van der Waals surface area contributed by atoms with Crippen LogP contribution in [0.3, 0.4) is 0 Å². The van der Waals surface area contributed by atoms with Gasteiger partial charge in [-0.15, -0.1) is 0 Å². The van der Waals surface area contributed by atoms with E-state index in [9.17, 15) is 4.79 Å². The van der Waals surface area contributed by atoms with E-state index in [4.69, 9.17) is 5.11 Å². The van der Waals surface area contributed by atoms with Gasteiger partial charge in [0.1, 0.15) is 0 Å². The zero-order valence-corrected chi connectivity index (χ0v) is 9.70. The van der Waals surface area contributed by atoms with Crippen LogP contribution < -0.4 is 0 Å². The Bertz CT molecular complexity index is 266. The van der Waals surface area contributed by atoms with E-state index in [1.165, 1.54) is 19.3 Å². The van der Waals surface area contributed by atoms with Crippen LogP contribution in [0.15, 0.2) is 0 Å². The van der Waals surface area contributed by atoms with Crippen LogP contribution in [0.25, 0.3) is 0 Å². The molecule has 3 unspecified atom stereocenters. The summed E-state index contributed by atoms with van der Waals surface area (Å²) >= 11 is 0. The molecular formula is C12H21NO2. The molecule has 2 aliphatic rings. The van der Waals surface area contributed by atoms with Crippen molar-refractivity contribution in [1.29, 1.82) is 0 Å². The predicted molar refractivity (Wildman–Crippen MR) is 58.7 cm³/mol. The number of hydrogen-bond acceptors (Lipinski definition) is 2. The fraction of sp³-hybridized carbons (Fsp3) is 0.917. The second-order valence-corrected chi connectivity index (χ2v) is 5.66. The molecular weight excluding hydrogens is 190 g/mol. The van der Waals surface area contributed by atoms with Crippen molar-refractivity contribution < 1.29 is 9.90 Å². The van der Waals surface area contributed by atoms with E-state index in [2.05, 4.69) is 11.8 Å². The molecule has 86 valence electrons. The minimum atomic E-state index is -0.629. The molecule has 15 heavy (non-hydrogen) atoms. The molecule has 0 spiro atoms. The van der Waals surface area contributed by atoms with Gasteiger partial charge in [0.25, 0.3) is 0 Å². The molecule has 0 bridgehead atoms. The topological polar surface area (TPSA) is 40.5 Å². The van der Waals surface area contributed by atoms with E-state index >= 15 is 0 Å². The molecule has 1 N–H and O–H groups in total. The Morgan fingerprint density at radius 2 is 2.20 bits per heavy atom. The number of likely N-dealkylation sites (tertiary alicyclic amines) is 1. The molecule has 0 radical (unpaired) electrons. The minimum Gasteiger partial charge on any atom is -0.481 e. The summed E-state index contributed by atoms with van der Waals surface area (Å²) in [6.45, 7) is 5.90. The molecule has 0 aromatic rings. The molecule has 1 saturated carbocycles. The first kappa shape index (κ1) is 10.9. The molecule has 0 aromatic carbocycles. The van der Waals surface area contributed by atoms with Crippen molar-refractivity contribution in [3.63, 3.8) is 0 Å². The van der Waals surface area contributed by atoms with Crippen molar-refractivity contribution in [2.75, 3.05) is 13.1 Å². The number of rotatable bonds is 2. The zero-order valence-electron chi connectivity index (χ0n) is 9.70. The third-order valence-corrected chi connectivity index (χ3v) is 4.20. The van der Waals surface area contributed by atoms with E-state index in [0.717, 1.165) is 25.4 Å². The Hall–Kier alpha value is -0.570. The van der Waals surface area contributed by atoms with Crippen molar-refractivity contribution in [1.82, 2.24) is 4.90 Å². The molecule has 3 nitrogen and oxygen atoms in total. The lowest BCUT2D eigenvalue weighted by Gasteiger charge is -2.25.